The van der Waals surface area contributed by atoms with E-state index in [1.165, 1.54) is 0 Å². The second kappa shape index (κ2) is 4.39. The molecule has 2 rings (SSSR count). The zero-order valence-corrected chi connectivity index (χ0v) is 7.65. The van der Waals surface area contributed by atoms with E-state index in [0.717, 1.165) is 45.0 Å². The Morgan fingerprint density at radius 3 is 2.92 bits per heavy atom. The van der Waals surface area contributed by atoms with Gasteiger partial charge in [-0.05, 0) is 6.08 Å². The van der Waals surface area contributed by atoms with Crippen LogP contribution < -0.4 is 5.43 Å². The van der Waals surface area contributed by atoms with Gasteiger partial charge >= 0.3 is 0 Å². The minimum atomic E-state index is 0.868. The van der Waals surface area contributed by atoms with Crippen molar-refractivity contribution in [3.8, 4) is 0 Å². The van der Waals surface area contributed by atoms with Crippen molar-refractivity contribution < 1.29 is 4.74 Å². The van der Waals surface area contributed by atoms with E-state index in [9.17, 15) is 0 Å². The first-order valence-electron chi connectivity index (χ1n) is 4.68. The molecule has 71 valence electrons. The van der Waals surface area contributed by atoms with Gasteiger partial charge in [-0.25, -0.2) is 0 Å². The highest BCUT2D eigenvalue weighted by molar-refractivity contribution is 5.96. The lowest BCUT2D eigenvalue weighted by Crippen LogP contribution is -2.37. The van der Waals surface area contributed by atoms with Crippen molar-refractivity contribution >= 4 is 5.71 Å². The van der Waals surface area contributed by atoms with E-state index >= 15 is 0 Å². The summed E-state index contributed by atoms with van der Waals surface area (Å²) >= 11 is 0. The Kier molecular flexibility index (Phi) is 2.94. The van der Waals surface area contributed by atoms with Gasteiger partial charge < -0.3 is 4.74 Å². The first-order chi connectivity index (χ1) is 6.45. The lowest BCUT2D eigenvalue weighted by atomic mass is 10.2. The van der Waals surface area contributed by atoms with Crippen molar-refractivity contribution in [3.63, 3.8) is 0 Å². The number of nitrogens with zero attached hydrogens (tertiary/aromatic N) is 3. The van der Waals surface area contributed by atoms with E-state index in [1.54, 1.807) is 6.20 Å². The number of ether oxygens (including phenoxy) is 1. The molecule has 0 saturated carbocycles. The molecule has 13 heavy (non-hydrogen) atoms. The molecular weight excluding hydrogens is 166 g/mol. The lowest BCUT2D eigenvalue weighted by molar-refractivity contribution is 0.0392. The first-order valence-corrected chi connectivity index (χ1v) is 4.68. The van der Waals surface area contributed by atoms with Gasteiger partial charge in [-0.15, -0.1) is 0 Å². The summed E-state index contributed by atoms with van der Waals surface area (Å²) in [6.07, 6.45) is 4.72. The predicted octanol–water partition coefficient (Wildman–Crippen LogP) is 0.196. The summed E-state index contributed by atoms with van der Waals surface area (Å²) < 4.78 is 5.27. The molecule has 1 fully saturated rings. The predicted molar refractivity (Wildman–Crippen MR) is 50.6 cm³/mol. The summed E-state index contributed by atoms with van der Waals surface area (Å²) in [6, 6.07) is 0. The van der Waals surface area contributed by atoms with Gasteiger partial charge in [0.05, 0.1) is 25.1 Å². The SMILES string of the molecule is C1=CC(CCN2CCOCC2)=N[N]1. The van der Waals surface area contributed by atoms with Gasteiger partial charge in [0, 0.05) is 26.1 Å². The Hall–Kier alpha value is -0.870. The maximum atomic E-state index is 5.27. The molecule has 4 heteroatoms. The van der Waals surface area contributed by atoms with E-state index in [2.05, 4.69) is 15.4 Å². The van der Waals surface area contributed by atoms with E-state index in [4.69, 9.17) is 4.74 Å². The fraction of sp³-hybridized carbons (Fsp3) is 0.667. The van der Waals surface area contributed by atoms with Crippen molar-refractivity contribution in [1.82, 2.24) is 10.3 Å². The molecule has 0 N–H and O–H groups in total. The van der Waals surface area contributed by atoms with Gasteiger partial charge in [0.15, 0.2) is 0 Å². The molecule has 4 nitrogen and oxygen atoms in total. The Bertz CT molecular complexity index is 219. The Morgan fingerprint density at radius 2 is 2.23 bits per heavy atom. The van der Waals surface area contributed by atoms with Crippen LogP contribution >= 0.6 is 0 Å². The zero-order chi connectivity index (χ0) is 8.93. The van der Waals surface area contributed by atoms with Crippen molar-refractivity contribution in [2.75, 3.05) is 32.8 Å². The van der Waals surface area contributed by atoms with Crippen LogP contribution in [0.15, 0.2) is 17.4 Å². The van der Waals surface area contributed by atoms with Crippen molar-refractivity contribution in [2.45, 2.75) is 6.42 Å². The number of allylic oxidation sites excluding steroid dienone is 1. The summed E-state index contributed by atoms with van der Waals surface area (Å²) in [6.45, 7) is 4.91. The molecule has 0 aromatic carbocycles. The molecule has 2 aliphatic rings. The highest BCUT2D eigenvalue weighted by Gasteiger charge is 2.11. The largest absolute Gasteiger partial charge is 0.379 e. The summed E-state index contributed by atoms with van der Waals surface area (Å²) in [4.78, 5) is 2.40. The number of morpholine rings is 1. The molecule has 0 spiro atoms. The highest BCUT2D eigenvalue weighted by atomic mass is 16.5. The summed E-state index contributed by atoms with van der Waals surface area (Å²) in [7, 11) is 0. The topological polar surface area (TPSA) is 38.9 Å². The van der Waals surface area contributed by atoms with Gasteiger partial charge in [0.25, 0.3) is 0 Å². The van der Waals surface area contributed by atoms with Crippen LogP contribution in [-0.4, -0.2) is 43.5 Å². The molecule has 0 aromatic rings. The van der Waals surface area contributed by atoms with E-state index in [-0.39, 0.29) is 0 Å². The quantitative estimate of drug-likeness (QED) is 0.622. The molecule has 1 saturated heterocycles. The molecule has 2 heterocycles. The monoisotopic (exact) mass is 180 g/mol. The van der Waals surface area contributed by atoms with Crippen LogP contribution in [0.5, 0.6) is 0 Å². The van der Waals surface area contributed by atoms with E-state index in [1.807, 2.05) is 6.08 Å². The fourth-order valence-corrected chi connectivity index (χ4v) is 1.49. The number of hydrogen-bond donors (Lipinski definition) is 0. The van der Waals surface area contributed by atoms with Crippen LogP contribution in [0.4, 0.5) is 0 Å². The van der Waals surface area contributed by atoms with Crippen LogP contribution in [0.25, 0.3) is 0 Å². The van der Waals surface area contributed by atoms with Crippen molar-refractivity contribution in [2.24, 2.45) is 5.10 Å². The van der Waals surface area contributed by atoms with Crippen LogP contribution in [0.3, 0.4) is 0 Å². The van der Waals surface area contributed by atoms with Gasteiger partial charge in [-0.2, -0.15) is 10.5 Å². The number of hydrogen-bond acceptors (Lipinski definition) is 3. The average Bonchev–Trinajstić information content (AvgIpc) is 2.69. The zero-order valence-electron chi connectivity index (χ0n) is 7.65. The third-order valence-corrected chi connectivity index (χ3v) is 2.31. The summed E-state index contributed by atoms with van der Waals surface area (Å²) in [5.41, 5.74) is 4.88. The van der Waals surface area contributed by atoms with Gasteiger partial charge in [0.1, 0.15) is 0 Å². The van der Waals surface area contributed by atoms with Gasteiger partial charge in [0.2, 0.25) is 0 Å². The third-order valence-electron chi connectivity index (χ3n) is 2.31. The minimum absolute atomic E-state index is 0.868. The van der Waals surface area contributed by atoms with Crippen LogP contribution in [-0.2, 0) is 4.74 Å². The van der Waals surface area contributed by atoms with Crippen LogP contribution in [0, 0.1) is 0 Å². The van der Waals surface area contributed by atoms with Crippen LogP contribution in [0.2, 0.25) is 0 Å². The fourth-order valence-electron chi connectivity index (χ4n) is 1.49. The Labute approximate surface area is 78.2 Å². The van der Waals surface area contributed by atoms with Crippen molar-refractivity contribution in [1.29, 1.82) is 0 Å². The molecule has 0 amide bonds. The molecule has 2 aliphatic heterocycles. The Balaban J connectivity index is 1.69. The molecule has 0 bridgehead atoms. The lowest BCUT2D eigenvalue weighted by Gasteiger charge is -2.26. The average molecular weight is 180 g/mol. The molecule has 0 aliphatic carbocycles. The van der Waals surface area contributed by atoms with Gasteiger partial charge in [-0.3, -0.25) is 4.90 Å². The molecule has 1 radical (unpaired) electrons. The minimum Gasteiger partial charge on any atom is -0.379 e. The Morgan fingerprint density at radius 1 is 1.38 bits per heavy atom. The van der Waals surface area contributed by atoms with Crippen molar-refractivity contribution in [3.05, 3.63) is 12.3 Å². The molecule has 0 atom stereocenters. The molecule has 0 unspecified atom stereocenters. The van der Waals surface area contributed by atoms with E-state index < -0.39 is 0 Å². The molecule has 0 aromatic heterocycles. The third kappa shape index (κ3) is 2.54. The molecular formula is C9H14N3O. The highest BCUT2D eigenvalue weighted by Crippen LogP contribution is 2.01. The van der Waals surface area contributed by atoms with Gasteiger partial charge in [-0.1, -0.05) is 0 Å². The first kappa shape index (κ1) is 8.72. The maximum Gasteiger partial charge on any atom is 0.0659 e. The second-order valence-corrected chi connectivity index (χ2v) is 3.23. The van der Waals surface area contributed by atoms with E-state index in [0.29, 0.717) is 0 Å². The second-order valence-electron chi connectivity index (χ2n) is 3.23. The standard InChI is InChI=1S/C9H14N3O/c1-3-10-11-9(1)2-4-12-5-7-13-8-6-12/h1,3H,2,4-8H2. The number of rotatable bonds is 3. The maximum absolute atomic E-state index is 5.27. The summed E-state index contributed by atoms with van der Waals surface area (Å²) in [5.74, 6) is 0. The summed E-state index contributed by atoms with van der Waals surface area (Å²) in [5, 5.41) is 3.99. The normalized spacial score (nSPS) is 22.9. The smallest absolute Gasteiger partial charge is 0.0659 e. The van der Waals surface area contributed by atoms with Crippen LogP contribution in [0.1, 0.15) is 6.42 Å².